The number of fused-ring (bicyclic) bond motifs is 2. The van der Waals surface area contributed by atoms with Crippen LogP contribution < -0.4 is 47.5 Å². The van der Waals surface area contributed by atoms with Crippen LogP contribution in [-0.2, 0) is 0 Å². The molecule has 0 fully saturated rings. The van der Waals surface area contributed by atoms with Crippen molar-refractivity contribution in [2.75, 3.05) is 38.0 Å². The number of aromatic nitrogens is 4. The molecule has 0 aliphatic heterocycles. The van der Waals surface area contributed by atoms with Gasteiger partial charge in [0.25, 0.3) is 0 Å². The van der Waals surface area contributed by atoms with Crippen molar-refractivity contribution in [1.82, 2.24) is 18.8 Å². The zero-order valence-electron chi connectivity index (χ0n) is 13.0. The van der Waals surface area contributed by atoms with Gasteiger partial charge in [0.2, 0.25) is 0 Å². The Labute approximate surface area is 142 Å². The minimum atomic E-state index is 0. The zero-order chi connectivity index (χ0) is 12.9. The molecule has 0 N–H and O–H groups in total. The standard InChI is InChI=1S/C12H16N6.2Li/c1-15(2)11-9-13-6-8-18(9)12(16(3)4)10-14-5-7-17(10)11;;/h5-8H,1-4H3;;/q-2;2*+1. The molecule has 0 spiro atoms. The second kappa shape index (κ2) is 6.16. The smallest absolute Gasteiger partial charge is 0.461 e. The molecule has 3 rings (SSSR count). The van der Waals surface area contributed by atoms with Gasteiger partial charge in [0.05, 0.1) is 0 Å². The van der Waals surface area contributed by atoms with E-state index in [0.29, 0.717) is 0 Å². The Morgan fingerprint density at radius 3 is 1.45 bits per heavy atom. The summed E-state index contributed by atoms with van der Waals surface area (Å²) in [6.07, 6.45) is 7.56. The molecule has 0 aromatic carbocycles. The van der Waals surface area contributed by atoms with Crippen molar-refractivity contribution in [3.8, 4) is 0 Å². The second-order valence-corrected chi connectivity index (χ2v) is 4.68. The van der Waals surface area contributed by atoms with Crippen LogP contribution in [0.4, 0.5) is 11.6 Å². The number of anilines is 2. The Morgan fingerprint density at radius 1 is 0.800 bits per heavy atom. The SMILES string of the molecule is CN(C)[c-]1c2nccn2[c-](N(C)C)c2nccn21.[Li+].[Li+]. The second-order valence-electron chi connectivity index (χ2n) is 4.68. The molecule has 8 heteroatoms. The van der Waals surface area contributed by atoms with Gasteiger partial charge in [-0.05, 0) is 52.2 Å². The summed E-state index contributed by atoms with van der Waals surface area (Å²) >= 11 is 0. The van der Waals surface area contributed by atoms with Crippen LogP contribution in [-0.4, -0.2) is 47.0 Å². The fraction of sp³-hybridized carbons (Fsp3) is 0.333. The molecule has 0 saturated heterocycles. The van der Waals surface area contributed by atoms with Gasteiger partial charge in [-0.2, -0.15) is 0 Å². The summed E-state index contributed by atoms with van der Waals surface area (Å²) < 4.78 is 4.13. The van der Waals surface area contributed by atoms with Crippen LogP contribution in [0.2, 0.25) is 0 Å². The number of imidazole rings is 2. The third kappa shape index (κ3) is 2.34. The van der Waals surface area contributed by atoms with Gasteiger partial charge in [0, 0.05) is 11.3 Å². The maximum Gasteiger partial charge on any atom is 1.00 e. The monoisotopic (exact) mass is 258 g/mol. The van der Waals surface area contributed by atoms with Crippen molar-refractivity contribution in [1.29, 1.82) is 0 Å². The zero-order valence-corrected chi connectivity index (χ0v) is 13.0. The third-order valence-electron chi connectivity index (χ3n) is 2.99. The number of hydrogen-bond donors (Lipinski definition) is 0. The van der Waals surface area contributed by atoms with Gasteiger partial charge in [0.15, 0.2) is 0 Å². The van der Waals surface area contributed by atoms with E-state index in [2.05, 4.69) is 28.6 Å². The molecule has 6 nitrogen and oxygen atoms in total. The predicted octanol–water partition coefficient (Wildman–Crippen LogP) is -4.88. The van der Waals surface area contributed by atoms with Crippen molar-refractivity contribution in [2.45, 2.75) is 0 Å². The fourth-order valence-electron chi connectivity index (χ4n) is 2.33. The third-order valence-corrected chi connectivity index (χ3v) is 2.99. The molecule has 0 aliphatic rings. The Hall–Kier alpha value is -1.05. The van der Waals surface area contributed by atoms with Crippen LogP contribution in [0.5, 0.6) is 0 Å². The van der Waals surface area contributed by atoms with Crippen molar-refractivity contribution in [2.24, 2.45) is 0 Å². The van der Waals surface area contributed by atoms with E-state index in [-0.39, 0.29) is 37.7 Å². The van der Waals surface area contributed by atoms with Gasteiger partial charge in [-0.25, -0.2) is 0 Å². The average Bonchev–Trinajstić information content (AvgIpc) is 2.91. The molecule has 0 saturated carbocycles. The van der Waals surface area contributed by atoms with E-state index >= 15 is 0 Å². The molecule has 0 unspecified atom stereocenters. The Kier molecular flexibility index (Phi) is 5.24. The van der Waals surface area contributed by atoms with E-state index < -0.39 is 0 Å². The van der Waals surface area contributed by atoms with E-state index in [0.717, 1.165) is 22.9 Å². The molecular formula is C12H16Li2N6. The molecule has 0 aliphatic carbocycles. The molecule has 0 bridgehead atoms. The quantitative estimate of drug-likeness (QED) is 0.341. The summed E-state index contributed by atoms with van der Waals surface area (Å²) in [5, 5.41) is 0. The first-order valence-corrected chi connectivity index (χ1v) is 5.78. The molecule has 3 aromatic heterocycles. The van der Waals surface area contributed by atoms with Crippen molar-refractivity contribution in [3.05, 3.63) is 24.8 Å². The Balaban J connectivity index is 0.000001000. The largest absolute Gasteiger partial charge is 1.00 e. The summed E-state index contributed by atoms with van der Waals surface area (Å²) in [4.78, 5) is 13.0. The fourth-order valence-corrected chi connectivity index (χ4v) is 2.33. The topological polar surface area (TPSA) is 41.1 Å². The van der Waals surface area contributed by atoms with Crippen LogP contribution in [0, 0.1) is 0 Å². The van der Waals surface area contributed by atoms with E-state index in [1.165, 1.54) is 0 Å². The minimum Gasteiger partial charge on any atom is -0.461 e. The molecule has 3 heterocycles. The first-order chi connectivity index (χ1) is 8.61. The molecule has 20 heavy (non-hydrogen) atoms. The summed E-state index contributed by atoms with van der Waals surface area (Å²) in [6.45, 7) is 0. The number of hydrogen-bond acceptors (Lipinski definition) is 4. The summed E-state index contributed by atoms with van der Waals surface area (Å²) in [5.41, 5.74) is 1.85. The number of rotatable bonds is 2. The van der Waals surface area contributed by atoms with Crippen LogP contribution in [0.15, 0.2) is 24.8 Å². The van der Waals surface area contributed by atoms with Crippen LogP contribution >= 0.6 is 0 Å². The first-order valence-electron chi connectivity index (χ1n) is 5.78. The molecule has 0 atom stereocenters. The Morgan fingerprint density at radius 2 is 1.15 bits per heavy atom. The molecule has 0 radical (unpaired) electrons. The maximum absolute atomic E-state index is 4.46. The van der Waals surface area contributed by atoms with Crippen LogP contribution in [0.1, 0.15) is 0 Å². The van der Waals surface area contributed by atoms with Crippen molar-refractivity contribution >= 4 is 22.9 Å². The van der Waals surface area contributed by atoms with E-state index in [1.54, 1.807) is 0 Å². The van der Waals surface area contributed by atoms with E-state index in [4.69, 9.17) is 0 Å². The normalized spacial score (nSPS) is 10.2. The molecule has 96 valence electrons. The van der Waals surface area contributed by atoms with Crippen LogP contribution in [0.3, 0.4) is 0 Å². The molecular weight excluding hydrogens is 242 g/mol. The van der Waals surface area contributed by atoms with Crippen LogP contribution in [0.25, 0.3) is 11.3 Å². The average molecular weight is 258 g/mol. The predicted molar refractivity (Wildman–Crippen MR) is 72.6 cm³/mol. The van der Waals surface area contributed by atoms with Crippen molar-refractivity contribution in [3.63, 3.8) is 0 Å². The Bertz CT molecular complexity index is 606. The van der Waals surface area contributed by atoms with Gasteiger partial charge in [-0.3, -0.25) is 0 Å². The summed E-state index contributed by atoms with van der Waals surface area (Å²) in [6, 6.07) is 0. The number of nitrogens with zero attached hydrogens (tertiary/aromatic N) is 6. The van der Waals surface area contributed by atoms with Gasteiger partial charge >= 0.3 is 37.7 Å². The molecule has 0 amide bonds. The minimum absolute atomic E-state index is 0. The van der Waals surface area contributed by atoms with Gasteiger partial charge in [0.1, 0.15) is 0 Å². The first kappa shape index (κ1) is 17.0. The van der Waals surface area contributed by atoms with Gasteiger partial charge < -0.3 is 28.6 Å². The van der Waals surface area contributed by atoms with Gasteiger partial charge in [-0.1, -0.05) is 12.4 Å². The molecule has 3 aromatic rings. The van der Waals surface area contributed by atoms with Gasteiger partial charge in [-0.15, -0.1) is 0 Å². The van der Waals surface area contributed by atoms with E-state index in [9.17, 15) is 0 Å². The maximum atomic E-state index is 4.46. The summed E-state index contributed by atoms with van der Waals surface area (Å²) in [5.74, 6) is 2.05. The van der Waals surface area contributed by atoms with Crippen molar-refractivity contribution < 1.29 is 37.7 Å². The van der Waals surface area contributed by atoms with E-state index in [1.807, 2.05) is 53.0 Å². The summed E-state index contributed by atoms with van der Waals surface area (Å²) in [7, 11) is 8.05.